The van der Waals surface area contributed by atoms with Crippen molar-refractivity contribution in [3.63, 3.8) is 0 Å². The van der Waals surface area contributed by atoms with E-state index in [9.17, 15) is 22.0 Å². The van der Waals surface area contributed by atoms with Crippen molar-refractivity contribution in [2.24, 2.45) is 0 Å². The molecule has 0 aliphatic rings. The van der Waals surface area contributed by atoms with E-state index in [4.69, 9.17) is 0 Å². The van der Waals surface area contributed by atoms with Gasteiger partial charge in [0.2, 0.25) is 5.82 Å². The van der Waals surface area contributed by atoms with Crippen LogP contribution in [0.3, 0.4) is 0 Å². The monoisotopic (exact) mass is 315 g/mol. The summed E-state index contributed by atoms with van der Waals surface area (Å²) in [5, 5.41) is 0. The molecule has 0 saturated heterocycles. The fourth-order valence-corrected chi connectivity index (χ4v) is 2.29. The van der Waals surface area contributed by atoms with Gasteiger partial charge in [0, 0.05) is 18.8 Å². The second-order valence-electron chi connectivity index (χ2n) is 4.66. The lowest BCUT2D eigenvalue weighted by atomic mass is 10.0. The maximum Gasteiger partial charge on any atom is 0.200 e. The molecule has 0 amide bonds. The van der Waals surface area contributed by atoms with Gasteiger partial charge in [0.05, 0.1) is 5.56 Å². The van der Waals surface area contributed by atoms with Crippen molar-refractivity contribution in [1.29, 1.82) is 0 Å². The Bertz CT molecular complexity index is 649. The topological polar surface area (TPSA) is 3.24 Å². The molecule has 0 spiro atoms. The summed E-state index contributed by atoms with van der Waals surface area (Å²) < 4.78 is 67.0. The highest BCUT2D eigenvalue weighted by Gasteiger charge is 2.26. The third-order valence-corrected chi connectivity index (χ3v) is 3.49. The molecule has 0 saturated carbocycles. The molecule has 2 aromatic rings. The number of anilines is 1. The summed E-state index contributed by atoms with van der Waals surface area (Å²) in [5.74, 6) is -9.69. The van der Waals surface area contributed by atoms with Crippen LogP contribution in [0.25, 0.3) is 11.1 Å². The first-order chi connectivity index (χ1) is 10.4. The summed E-state index contributed by atoms with van der Waals surface area (Å²) >= 11 is 0. The van der Waals surface area contributed by atoms with Gasteiger partial charge in [-0.3, -0.25) is 0 Å². The van der Waals surface area contributed by atoms with Crippen LogP contribution in [0.2, 0.25) is 0 Å². The van der Waals surface area contributed by atoms with E-state index in [-0.39, 0.29) is 5.56 Å². The molecule has 22 heavy (non-hydrogen) atoms. The zero-order valence-electron chi connectivity index (χ0n) is 12.1. The van der Waals surface area contributed by atoms with Crippen LogP contribution in [0.5, 0.6) is 0 Å². The first-order valence-corrected chi connectivity index (χ1v) is 6.79. The van der Waals surface area contributed by atoms with Crippen molar-refractivity contribution < 1.29 is 22.0 Å². The number of benzene rings is 2. The normalized spacial score (nSPS) is 10.9. The Morgan fingerprint density at radius 3 is 1.50 bits per heavy atom. The molecule has 0 fully saturated rings. The van der Waals surface area contributed by atoms with Gasteiger partial charge in [-0.2, -0.15) is 0 Å². The Kier molecular flexibility index (Phi) is 4.68. The van der Waals surface area contributed by atoms with Gasteiger partial charge < -0.3 is 4.90 Å². The summed E-state index contributed by atoms with van der Waals surface area (Å²) in [6, 6.07) is 5.85. The van der Waals surface area contributed by atoms with Crippen molar-refractivity contribution in [2.45, 2.75) is 13.8 Å². The number of rotatable bonds is 4. The van der Waals surface area contributed by atoms with E-state index in [1.165, 1.54) is 12.1 Å². The van der Waals surface area contributed by atoms with E-state index >= 15 is 0 Å². The second-order valence-corrected chi connectivity index (χ2v) is 4.66. The minimum atomic E-state index is -2.15. The van der Waals surface area contributed by atoms with Gasteiger partial charge in [0.1, 0.15) is 0 Å². The van der Waals surface area contributed by atoms with Gasteiger partial charge in [-0.25, -0.2) is 22.0 Å². The Hall–Kier alpha value is -2.11. The lowest BCUT2D eigenvalue weighted by Crippen LogP contribution is -2.21. The third-order valence-electron chi connectivity index (χ3n) is 3.49. The van der Waals surface area contributed by atoms with Crippen molar-refractivity contribution in [3.8, 4) is 11.1 Å². The predicted molar refractivity (Wildman–Crippen MR) is 75.2 cm³/mol. The predicted octanol–water partition coefficient (Wildman–Crippen LogP) is 4.90. The van der Waals surface area contributed by atoms with E-state index in [0.29, 0.717) is 0 Å². The van der Waals surface area contributed by atoms with E-state index in [2.05, 4.69) is 0 Å². The molecule has 0 heterocycles. The summed E-state index contributed by atoms with van der Waals surface area (Å²) in [4.78, 5) is 1.99. The molecule has 2 rings (SSSR count). The zero-order chi connectivity index (χ0) is 16.4. The molecule has 0 unspecified atom stereocenters. The zero-order valence-corrected chi connectivity index (χ0v) is 12.1. The van der Waals surface area contributed by atoms with Crippen LogP contribution < -0.4 is 4.90 Å². The summed E-state index contributed by atoms with van der Waals surface area (Å²) in [6.07, 6.45) is 0. The number of nitrogens with zero attached hydrogens (tertiary/aromatic N) is 1. The van der Waals surface area contributed by atoms with Crippen LogP contribution in [-0.2, 0) is 0 Å². The summed E-state index contributed by atoms with van der Waals surface area (Å²) in [5.41, 5.74) is -0.177. The van der Waals surface area contributed by atoms with Crippen LogP contribution in [0.4, 0.5) is 27.6 Å². The van der Waals surface area contributed by atoms with Crippen molar-refractivity contribution >= 4 is 5.69 Å². The average Bonchev–Trinajstić information content (AvgIpc) is 2.54. The molecular weight excluding hydrogens is 301 g/mol. The fourth-order valence-electron chi connectivity index (χ4n) is 2.29. The first-order valence-electron chi connectivity index (χ1n) is 6.79. The third kappa shape index (κ3) is 2.65. The Morgan fingerprint density at radius 1 is 0.682 bits per heavy atom. The minimum Gasteiger partial charge on any atom is -0.372 e. The minimum absolute atomic E-state index is 0.0660. The van der Waals surface area contributed by atoms with Crippen molar-refractivity contribution in [3.05, 3.63) is 53.4 Å². The number of halogens is 5. The van der Waals surface area contributed by atoms with Crippen LogP contribution in [-0.4, -0.2) is 13.1 Å². The van der Waals surface area contributed by atoms with E-state index < -0.39 is 34.6 Å². The molecule has 118 valence electrons. The summed E-state index contributed by atoms with van der Waals surface area (Å²) in [7, 11) is 0. The Morgan fingerprint density at radius 2 is 1.09 bits per heavy atom. The van der Waals surface area contributed by atoms with Crippen LogP contribution in [0.1, 0.15) is 13.8 Å². The second kappa shape index (κ2) is 6.34. The lowest BCUT2D eigenvalue weighted by molar-refractivity contribution is 0.381. The van der Waals surface area contributed by atoms with Crippen LogP contribution in [0.15, 0.2) is 24.3 Å². The average molecular weight is 315 g/mol. The smallest absolute Gasteiger partial charge is 0.200 e. The molecule has 0 aliphatic heterocycles. The highest BCUT2D eigenvalue weighted by molar-refractivity contribution is 5.68. The lowest BCUT2D eigenvalue weighted by Gasteiger charge is -2.21. The standard InChI is InChI=1S/C16H14F5N/c1-3-22(4-2)10-7-5-9(6-8-10)11-12(17)14(19)16(21)15(20)13(11)18/h5-8H,3-4H2,1-2H3. The number of hydrogen-bond acceptors (Lipinski definition) is 1. The molecule has 1 nitrogen and oxygen atoms in total. The van der Waals surface area contributed by atoms with Gasteiger partial charge in [-0.15, -0.1) is 0 Å². The van der Waals surface area contributed by atoms with Crippen molar-refractivity contribution in [2.75, 3.05) is 18.0 Å². The number of hydrogen-bond donors (Lipinski definition) is 0. The van der Waals surface area contributed by atoms with Gasteiger partial charge in [-0.1, -0.05) is 12.1 Å². The molecule has 0 bridgehead atoms. The maximum atomic E-state index is 13.7. The Labute approximate surface area is 125 Å². The molecule has 0 N–H and O–H groups in total. The van der Waals surface area contributed by atoms with Gasteiger partial charge in [0.25, 0.3) is 0 Å². The summed E-state index contributed by atoms with van der Waals surface area (Å²) in [6.45, 7) is 5.36. The van der Waals surface area contributed by atoms with Crippen molar-refractivity contribution in [1.82, 2.24) is 0 Å². The molecule has 6 heteroatoms. The highest BCUT2D eigenvalue weighted by atomic mass is 19.2. The molecule has 2 aromatic carbocycles. The van der Waals surface area contributed by atoms with Gasteiger partial charge >= 0.3 is 0 Å². The molecular formula is C16H14F5N. The SMILES string of the molecule is CCN(CC)c1ccc(-c2c(F)c(F)c(F)c(F)c2F)cc1. The van der Waals surface area contributed by atoms with Crippen LogP contribution >= 0.6 is 0 Å². The quantitative estimate of drug-likeness (QED) is 0.441. The van der Waals surface area contributed by atoms with Gasteiger partial charge in [-0.05, 0) is 31.5 Å². The largest absolute Gasteiger partial charge is 0.372 e. The molecule has 0 atom stereocenters. The van der Waals surface area contributed by atoms with Crippen LogP contribution in [0, 0.1) is 29.1 Å². The first kappa shape index (κ1) is 16.3. The Balaban J connectivity index is 2.54. The van der Waals surface area contributed by atoms with E-state index in [0.717, 1.165) is 18.8 Å². The van der Waals surface area contributed by atoms with Gasteiger partial charge in [0.15, 0.2) is 23.3 Å². The maximum absolute atomic E-state index is 13.7. The molecule has 0 aliphatic carbocycles. The molecule has 0 aromatic heterocycles. The fraction of sp³-hybridized carbons (Fsp3) is 0.250. The highest BCUT2D eigenvalue weighted by Crippen LogP contribution is 2.32. The molecule has 0 radical (unpaired) electrons. The van der Waals surface area contributed by atoms with E-state index in [1.807, 2.05) is 18.7 Å². The van der Waals surface area contributed by atoms with E-state index in [1.54, 1.807) is 12.1 Å².